The van der Waals surface area contributed by atoms with Gasteiger partial charge >= 0.3 is 12.1 Å². The van der Waals surface area contributed by atoms with Gasteiger partial charge in [0, 0.05) is 24.8 Å². The molecule has 0 saturated heterocycles. The lowest BCUT2D eigenvalue weighted by Crippen LogP contribution is -2.31. The second-order valence-corrected chi connectivity index (χ2v) is 6.64. The molecule has 0 amide bonds. The Morgan fingerprint density at radius 1 is 1.20 bits per heavy atom. The van der Waals surface area contributed by atoms with Crippen molar-refractivity contribution in [2.24, 2.45) is 0 Å². The number of aromatic amines is 1. The topological polar surface area (TPSA) is 93.9 Å². The van der Waals surface area contributed by atoms with Gasteiger partial charge in [-0.25, -0.2) is 9.78 Å². The summed E-state index contributed by atoms with van der Waals surface area (Å²) in [6, 6.07) is 5.44. The highest BCUT2D eigenvalue weighted by Gasteiger charge is 2.31. The average Bonchev–Trinajstić information content (AvgIpc) is 3.04. The van der Waals surface area contributed by atoms with Gasteiger partial charge in [-0.15, -0.1) is 13.2 Å². The van der Waals surface area contributed by atoms with E-state index in [-0.39, 0.29) is 12.3 Å². The Bertz CT molecular complexity index is 1150. The number of unbranched alkanes of at least 4 members (excludes halogenated alkanes) is 1. The number of imidazole rings is 1. The first-order valence-corrected chi connectivity index (χ1v) is 9.55. The molecule has 0 bridgehead atoms. The predicted octanol–water partition coefficient (Wildman–Crippen LogP) is 3.22. The molecule has 0 saturated carbocycles. The van der Waals surface area contributed by atoms with Crippen molar-refractivity contribution in [1.29, 1.82) is 0 Å². The van der Waals surface area contributed by atoms with E-state index in [1.807, 2.05) is 13.8 Å². The summed E-state index contributed by atoms with van der Waals surface area (Å²) in [7, 11) is 0. The third-order valence-electron chi connectivity index (χ3n) is 4.53. The van der Waals surface area contributed by atoms with Crippen LogP contribution in [0.3, 0.4) is 0 Å². The van der Waals surface area contributed by atoms with E-state index < -0.39 is 17.6 Å². The lowest BCUT2D eigenvalue weighted by molar-refractivity contribution is -0.274. The van der Waals surface area contributed by atoms with E-state index in [1.165, 1.54) is 22.8 Å². The second kappa shape index (κ2) is 8.64. The van der Waals surface area contributed by atoms with E-state index in [4.69, 9.17) is 0 Å². The molecular weight excluding hydrogens is 403 g/mol. The first-order valence-electron chi connectivity index (χ1n) is 9.55. The number of aromatic nitrogens is 4. The lowest BCUT2D eigenvalue weighted by Gasteiger charge is -2.11. The van der Waals surface area contributed by atoms with Gasteiger partial charge in [0.15, 0.2) is 11.2 Å². The summed E-state index contributed by atoms with van der Waals surface area (Å²) in [5.41, 5.74) is -0.0601. The number of rotatable bonds is 8. The molecule has 162 valence electrons. The summed E-state index contributed by atoms with van der Waals surface area (Å²) in [6.07, 6.45) is -3.16. The van der Waals surface area contributed by atoms with Crippen molar-refractivity contribution < 1.29 is 17.9 Å². The fourth-order valence-electron chi connectivity index (χ4n) is 3.20. The van der Waals surface area contributed by atoms with Crippen molar-refractivity contribution >= 4 is 16.9 Å². The molecule has 0 spiro atoms. The van der Waals surface area contributed by atoms with Crippen LogP contribution in [-0.2, 0) is 19.6 Å². The number of halogens is 3. The van der Waals surface area contributed by atoms with E-state index in [0.717, 1.165) is 12.8 Å². The van der Waals surface area contributed by atoms with Crippen molar-refractivity contribution in [2.45, 2.75) is 52.7 Å². The van der Waals surface area contributed by atoms with Gasteiger partial charge in [0.2, 0.25) is 0 Å². The smallest absolute Gasteiger partial charge is 0.406 e. The molecule has 0 radical (unpaired) electrons. The van der Waals surface area contributed by atoms with Crippen molar-refractivity contribution in [3.05, 3.63) is 50.9 Å². The summed E-state index contributed by atoms with van der Waals surface area (Å²) < 4.78 is 44.3. The van der Waals surface area contributed by atoms with Crippen LogP contribution in [0, 0.1) is 0 Å². The van der Waals surface area contributed by atoms with Gasteiger partial charge in [0.05, 0.1) is 6.54 Å². The summed E-state index contributed by atoms with van der Waals surface area (Å²) in [5.74, 6) is 0.136. The number of nitrogens with one attached hydrogen (secondary N) is 2. The van der Waals surface area contributed by atoms with Crippen molar-refractivity contribution in [3.8, 4) is 5.75 Å². The molecule has 0 aliphatic heterocycles. The molecule has 3 rings (SSSR count). The van der Waals surface area contributed by atoms with E-state index in [0.29, 0.717) is 35.8 Å². The van der Waals surface area contributed by atoms with Gasteiger partial charge < -0.3 is 14.6 Å². The Labute approximate surface area is 169 Å². The number of H-pyrrole nitrogens is 1. The van der Waals surface area contributed by atoms with Gasteiger partial charge in [-0.3, -0.25) is 14.3 Å². The van der Waals surface area contributed by atoms with E-state index in [9.17, 15) is 22.8 Å². The number of alkyl halides is 3. The molecule has 0 atom stereocenters. The Morgan fingerprint density at radius 2 is 1.97 bits per heavy atom. The fraction of sp³-hybridized carbons (Fsp3) is 0.421. The monoisotopic (exact) mass is 425 g/mol. The molecule has 0 aliphatic carbocycles. The minimum Gasteiger partial charge on any atom is -0.406 e. The molecule has 0 fully saturated rings. The zero-order valence-electron chi connectivity index (χ0n) is 16.5. The zero-order chi connectivity index (χ0) is 21.9. The van der Waals surface area contributed by atoms with Crippen LogP contribution in [0.15, 0.2) is 33.9 Å². The van der Waals surface area contributed by atoms with Gasteiger partial charge in [-0.2, -0.15) is 0 Å². The molecule has 2 aromatic heterocycles. The van der Waals surface area contributed by atoms with Crippen LogP contribution in [0.1, 0.15) is 32.5 Å². The molecule has 30 heavy (non-hydrogen) atoms. The van der Waals surface area contributed by atoms with Crippen LogP contribution >= 0.6 is 0 Å². The molecule has 1 aromatic carbocycles. The second-order valence-electron chi connectivity index (χ2n) is 6.64. The number of anilines is 1. The first-order chi connectivity index (χ1) is 14.2. The first kappa shape index (κ1) is 21.5. The maximum absolute atomic E-state index is 12.4. The van der Waals surface area contributed by atoms with Crippen LogP contribution in [0.5, 0.6) is 5.75 Å². The Hall–Kier alpha value is -3.24. The number of benzene rings is 1. The van der Waals surface area contributed by atoms with Crippen LogP contribution in [0.25, 0.3) is 11.2 Å². The van der Waals surface area contributed by atoms with Gasteiger partial charge in [0.1, 0.15) is 11.6 Å². The minimum atomic E-state index is -4.78. The van der Waals surface area contributed by atoms with E-state index in [2.05, 4.69) is 20.0 Å². The van der Waals surface area contributed by atoms with Gasteiger partial charge in [-0.05, 0) is 25.5 Å². The number of nitrogens with zero attached hydrogens (tertiary/aromatic N) is 3. The molecule has 0 aliphatic rings. The maximum atomic E-state index is 12.4. The Morgan fingerprint density at radius 3 is 2.63 bits per heavy atom. The van der Waals surface area contributed by atoms with Crippen molar-refractivity contribution in [3.63, 3.8) is 0 Å². The molecule has 11 heteroatoms. The molecule has 8 nitrogen and oxygen atoms in total. The fourth-order valence-corrected chi connectivity index (χ4v) is 3.20. The Kier molecular flexibility index (Phi) is 6.18. The summed E-state index contributed by atoms with van der Waals surface area (Å²) in [5, 5.41) is 2.99. The lowest BCUT2D eigenvalue weighted by atomic mass is 10.3. The van der Waals surface area contributed by atoms with E-state index in [1.54, 1.807) is 10.6 Å². The van der Waals surface area contributed by atoms with Crippen molar-refractivity contribution in [2.75, 3.05) is 5.32 Å². The molecule has 0 unspecified atom stereocenters. The highest BCUT2D eigenvalue weighted by molar-refractivity contribution is 5.71. The molecule has 2 heterocycles. The van der Waals surface area contributed by atoms with Crippen LogP contribution in [-0.4, -0.2) is 25.5 Å². The van der Waals surface area contributed by atoms with Gasteiger partial charge in [-0.1, -0.05) is 19.4 Å². The van der Waals surface area contributed by atoms with Crippen LogP contribution < -0.4 is 21.3 Å². The molecule has 2 N–H and O–H groups in total. The third kappa shape index (κ3) is 4.66. The highest BCUT2D eigenvalue weighted by Crippen LogP contribution is 2.25. The summed E-state index contributed by atoms with van der Waals surface area (Å²) in [4.78, 5) is 31.4. The average molecular weight is 425 g/mol. The zero-order valence-corrected chi connectivity index (χ0v) is 16.5. The normalized spacial score (nSPS) is 11.8. The number of fused-ring (bicyclic) bond motifs is 1. The highest BCUT2D eigenvalue weighted by atomic mass is 19.4. The summed E-state index contributed by atoms with van der Waals surface area (Å²) >= 11 is 0. The third-order valence-corrected chi connectivity index (χ3v) is 4.53. The van der Waals surface area contributed by atoms with Gasteiger partial charge in [0.25, 0.3) is 5.56 Å². The maximum Gasteiger partial charge on any atom is 0.573 e. The SMILES string of the molecule is CCCCn1c(=O)[nH]c(=O)c2c1nc(CNc1cccc(OC(F)(F)F)c1)n2CC. The summed E-state index contributed by atoms with van der Waals surface area (Å²) in [6.45, 7) is 4.82. The van der Waals surface area contributed by atoms with Crippen molar-refractivity contribution in [1.82, 2.24) is 19.1 Å². The number of hydrogen-bond donors (Lipinski definition) is 2. The number of hydrogen-bond acceptors (Lipinski definition) is 5. The molecule has 3 aromatic rings. The van der Waals surface area contributed by atoms with E-state index >= 15 is 0 Å². The van der Waals surface area contributed by atoms with Crippen LogP contribution in [0.4, 0.5) is 18.9 Å². The number of ether oxygens (including phenoxy) is 1. The number of aryl methyl sites for hydroxylation is 2. The quantitative estimate of drug-likeness (QED) is 0.578. The molecular formula is C19H22F3N5O3. The predicted molar refractivity (Wildman–Crippen MR) is 106 cm³/mol. The largest absolute Gasteiger partial charge is 0.573 e. The van der Waals surface area contributed by atoms with Crippen LogP contribution in [0.2, 0.25) is 0 Å². The standard InChI is InChI=1S/C19H22F3N5O3/c1-3-5-9-27-16-15(17(28)25-18(27)29)26(4-2)14(24-16)11-23-12-7-6-8-13(10-12)30-19(20,21)22/h6-8,10,23H,3-5,9,11H2,1-2H3,(H,25,28,29). The Balaban J connectivity index is 1.93. The minimum absolute atomic E-state index is 0.138.